The Morgan fingerprint density at radius 1 is 1.17 bits per heavy atom. The molecule has 10 nitrogen and oxygen atoms in total. The van der Waals surface area contributed by atoms with Gasteiger partial charge in [-0.1, -0.05) is 13.8 Å². The Bertz CT molecular complexity index is 1230. The molecule has 0 radical (unpaired) electrons. The number of fused-ring (bicyclic) bond motifs is 1. The van der Waals surface area contributed by atoms with Crippen molar-refractivity contribution in [3.05, 3.63) is 0 Å². The summed E-state index contributed by atoms with van der Waals surface area (Å²) in [5, 5.41) is 28.5. The van der Waals surface area contributed by atoms with Crippen LogP contribution in [0.5, 0.6) is 0 Å². The lowest BCUT2D eigenvalue weighted by atomic mass is 9.46. The summed E-state index contributed by atoms with van der Waals surface area (Å²) >= 11 is 0. The topological polar surface area (TPSA) is 152 Å². The van der Waals surface area contributed by atoms with E-state index in [1.54, 1.807) is 0 Å². The molecule has 5 saturated carbocycles. The number of aliphatic hydroxyl groups is 1. The van der Waals surface area contributed by atoms with Crippen molar-refractivity contribution >= 4 is 23.6 Å². The molecule has 2 saturated heterocycles. The maximum Gasteiger partial charge on any atom is 0.471 e. The number of halogens is 3. The number of rotatable bonds is 7. The van der Waals surface area contributed by atoms with E-state index in [-0.39, 0.29) is 54.4 Å². The van der Waals surface area contributed by atoms with Gasteiger partial charge in [-0.15, -0.1) is 0 Å². The summed E-state index contributed by atoms with van der Waals surface area (Å²) in [6.07, 6.45) is -1.72. The van der Waals surface area contributed by atoms with Gasteiger partial charge in [-0.3, -0.25) is 19.2 Å². The lowest BCUT2D eigenvalue weighted by molar-refractivity contribution is -0.191. The number of likely N-dealkylation sites (tertiary alicyclic amines) is 1. The van der Waals surface area contributed by atoms with Crippen molar-refractivity contribution in [3.8, 4) is 6.07 Å². The van der Waals surface area contributed by atoms with Gasteiger partial charge in [0.15, 0.2) is 0 Å². The Morgan fingerprint density at radius 2 is 1.83 bits per heavy atom. The van der Waals surface area contributed by atoms with E-state index in [0.29, 0.717) is 38.6 Å². The number of nitriles is 1. The molecule has 42 heavy (non-hydrogen) atoms. The molecule has 8 atom stereocenters. The second-order valence-corrected chi connectivity index (χ2v) is 14.5. The number of carbonyl (C=O) groups excluding carboxylic acids is 4. The molecule has 4 bridgehead atoms. The normalized spacial score (nSPS) is 40.5. The predicted octanol–water partition coefficient (Wildman–Crippen LogP) is 1.38. The molecular weight excluding hydrogens is 555 g/mol. The van der Waals surface area contributed by atoms with Crippen LogP contribution in [0.15, 0.2) is 0 Å². The van der Waals surface area contributed by atoms with E-state index in [2.05, 4.69) is 10.6 Å². The van der Waals surface area contributed by atoms with Crippen LogP contribution in [0.4, 0.5) is 13.2 Å². The zero-order valence-electron chi connectivity index (χ0n) is 23.8. The number of amides is 4. The van der Waals surface area contributed by atoms with Crippen LogP contribution in [-0.2, 0) is 19.2 Å². The fraction of sp³-hybridized carbons (Fsp3) is 0.828. The van der Waals surface area contributed by atoms with Crippen molar-refractivity contribution < 1.29 is 37.5 Å². The van der Waals surface area contributed by atoms with Crippen molar-refractivity contribution in [2.24, 2.45) is 40.4 Å². The van der Waals surface area contributed by atoms with E-state index in [1.807, 2.05) is 25.2 Å². The van der Waals surface area contributed by atoms with Gasteiger partial charge < -0.3 is 26.0 Å². The van der Waals surface area contributed by atoms with Gasteiger partial charge >= 0.3 is 12.1 Å². The highest BCUT2D eigenvalue weighted by atomic mass is 19.4. The van der Waals surface area contributed by atoms with Gasteiger partial charge in [0.2, 0.25) is 17.7 Å². The Morgan fingerprint density at radius 3 is 2.38 bits per heavy atom. The molecule has 230 valence electrons. The van der Waals surface area contributed by atoms with Crippen LogP contribution >= 0.6 is 0 Å². The first-order chi connectivity index (χ1) is 19.6. The standard InChI is InChI=1S/C29H38F3N5O5/c1-26(2)18-12-37(20(19(18)26)23(39)35-17(11-33)6-16-3-4-34-22(16)38)24(40)21(36-25(41)29(30,31)32)27-7-14-5-15(8-27)10-28(42,9-14)13-27/h14-21,42H,3-10,12-13H2,1-2H3,(H,34,38)(H,35,39)(H,36,41)/t14?,15?,16-,17-,18-,19-,20-,21+,27?,28?/m0/s1. The zero-order valence-corrected chi connectivity index (χ0v) is 23.8. The molecule has 0 aromatic rings. The van der Waals surface area contributed by atoms with Crippen molar-refractivity contribution in [2.45, 2.75) is 95.1 Å². The first-order valence-corrected chi connectivity index (χ1v) is 15.0. The minimum atomic E-state index is -5.21. The lowest BCUT2D eigenvalue weighted by Crippen LogP contribution is -2.68. The minimum Gasteiger partial charge on any atom is -0.390 e. The number of carbonyl (C=O) groups is 4. The second-order valence-electron chi connectivity index (χ2n) is 14.5. The monoisotopic (exact) mass is 593 g/mol. The Balaban J connectivity index is 1.28. The van der Waals surface area contributed by atoms with E-state index < -0.39 is 59.0 Å². The van der Waals surface area contributed by atoms with E-state index in [9.17, 15) is 42.7 Å². The molecule has 5 aliphatic carbocycles. The molecule has 4 amide bonds. The highest BCUT2D eigenvalue weighted by Gasteiger charge is 2.71. The number of hydrogen-bond acceptors (Lipinski definition) is 6. The van der Waals surface area contributed by atoms with Gasteiger partial charge in [0.25, 0.3) is 0 Å². The Kier molecular flexibility index (Phi) is 6.65. The SMILES string of the molecule is CC1(C)[C@@H]2[C@@H](C(=O)N[C@H](C#N)C[C@@H]3CCNC3=O)N(C(=O)[C@@H](NC(=O)C(F)(F)F)C34CC5CC(CC(O)(C5)C3)C4)C[C@@H]21. The van der Waals surface area contributed by atoms with E-state index in [0.717, 1.165) is 6.42 Å². The van der Waals surface area contributed by atoms with Crippen LogP contribution in [0.25, 0.3) is 0 Å². The Labute approximate surface area is 242 Å². The average molecular weight is 594 g/mol. The van der Waals surface area contributed by atoms with Crippen LogP contribution in [-0.4, -0.2) is 76.6 Å². The molecule has 13 heteroatoms. The van der Waals surface area contributed by atoms with E-state index >= 15 is 0 Å². The number of alkyl halides is 3. The van der Waals surface area contributed by atoms with Crippen LogP contribution in [0.3, 0.4) is 0 Å². The van der Waals surface area contributed by atoms with Gasteiger partial charge in [-0.05, 0) is 80.5 Å². The maximum atomic E-state index is 14.4. The number of piperidine rings is 1. The third-order valence-electron chi connectivity index (χ3n) is 11.4. The first-order valence-electron chi connectivity index (χ1n) is 15.0. The molecule has 0 spiro atoms. The molecule has 2 heterocycles. The smallest absolute Gasteiger partial charge is 0.390 e. The predicted molar refractivity (Wildman–Crippen MR) is 140 cm³/mol. The summed E-state index contributed by atoms with van der Waals surface area (Å²) in [4.78, 5) is 53.8. The molecule has 2 aliphatic heterocycles. The van der Waals surface area contributed by atoms with E-state index in [4.69, 9.17) is 0 Å². The fourth-order valence-corrected chi connectivity index (χ4v) is 9.85. The third-order valence-corrected chi connectivity index (χ3v) is 11.4. The molecule has 7 rings (SSSR count). The minimum absolute atomic E-state index is 0.0449. The molecule has 7 fully saturated rings. The van der Waals surface area contributed by atoms with Gasteiger partial charge in [0, 0.05) is 24.4 Å². The van der Waals surface area contributed by atoms with Gasteiger partial charge in [-0.2, -0.15) is 18.4 Å². The van der Waals surface area contributed by atoms with Gasteiger partial charge in [0.1, 0.15) is 18.1 Å². The molecule has 7 aliphatic rings. The molecule has 0 aromatic carbocycles. The third kappa shape index (κ3) is 4.74. The highest BCUT2D eigenvalue weighted by Crippen LogP contribution is 2.66. The molecule has 4 N–H and O–H groups in total. The summed E-state index contributed by atoms with van der Waals surface area (Å²) < 4.78 is 40.6. The summed E-state index contributed by atoms with van der Waals surface area (Å²) in [5.74, 6) is -4.41. The summed E-state index contributed by atoms with van der Waals surface area (Å²) in [6, 6.07) is -1.53. The van der Waals surface area contributed by atoms with Crippen molar-refractivity contribution in [3.63, 3.8) is 0 Å². The maximum absolute atomic E-state index is 14.4. The Hall–Kier alpha value is -2.88. The van der Waals surface area contributed by atoms with Crippen LogP contribution in [0.2, 0.25) is 0 Å². The van der Waals surface area contributed by atoms with Crippen LogP contribution in [0.1, 0.15) is 65.2 Å². The van der Waals surface area contributed by atoms with Crippen LogP contribution in [0, 0.1) is 51.8 Å². The van der Waals surface area contributed by atoms with Gasteiger partial charge in [0.05, 0.1) is 11.7 Å². The molecule has 2 unspecified atom stereocenters. The van der Waals surface area contributed by atoms with Crippen molar-refractivity contribution in [2.75, 3.05) is 13.1 Å². The summed E-state index contributed by atoms with van der Waals surface area (Å²) in [6.45, 7) is 4.56. The highest BCUT2D eigenvalue weighted by molar-refractivity contribution is 5.95. The number of nitrogens with one attached hydrogen (secondary N) is 3. The van der Waals surface area contributed by atoms with Crippen molar-refractivity contribution in [1.29, 1.82) is 5.26 Å². The summed E-state index contributed by atoms with van der Waals surface area (Å²) in [5.41, 5.74) is -2.44. The van der Waals surface area contributed by atoms with Crippen molar-refractivity contribution in [1.82, 2.24) is 20.9 Å². The van der Waals surface area contributed by atoms with E-state index in [1.165, 1.54) is 4.90 Å². The van der Waals surface area contributed by atoms with Crippen LogP contribution < -0.4 is 16.0 Å². The fourth-order valence-electron chi connectivity index (χ4n) is 9.85. The first kappa shape index (κ1) is 29.2. The largest absolute Gasteiger partial charge is 0.471 e. The zero-order chi connectivity index (χ0) is 30.4. The molecule has 0 aromatic heterocycles. The summed E-state index contributed by atoms with van der Waals surface area (Å²) in [7, 11) is 0. The average Bonchev–Trinajstić information content (AvgIpc) is 3.22. The number of nitrogens with zero attached hydrogens (tertiary/aromatic N) is 2. The number of hydrogen-bond donors (Lipinski definition) is 4. The molecular formula is C29H38F3N5O5. The second kappa shape index (κ2) is 9.56. The quantitative estimate of drug-likeness (QED) is 0.350. The van der Waals surface area contributed by atoms with Gasteiger partial charge in [-0.25, -0.2) is 0 Å². The lowest BCUT2D eigenvalue weighted by Gasteiger charge is -2.62.